The molecule has 0 radical (unpaired) electrons. The van der Waals surface area contributed by atoms with Crippen LogP contribution in [0.1, 0.15) is 50.0 Å². The molecule has 0 atom stereocenters. The second-order valence-electron chi connectivity index (χ2n) is 8.76. The number of carbonyl (C=O) groups is 4. The lowest BCUT2D eigenvalue weighted by Crippen LogP contribution is -2.32. The van der Waals surface area contributed by atoms with Gasteiger partial charge >= 0.3 is 0 Å². The average Bonchev–Trinajstić information content (AvgIpc) is 3.64. The molecule has 4 aromatic rings. The molecule has 0 saturated heterocycles. The number of anilines is 2. The van der Waals surface area contributed by atoms with E-state index in [4.69, 9.17) is 0 Å². The van der Waals surface area contributed by atoms with E-state index in [1.54, 1.807) is 48.5 Å². The number of aryl methyl sites for hydroxylation is 2. The molecule has 0 aliphatic heterocycles. The molecule has 4 amide bonds. The maximum Gasteiger partial charge on any atom is 0.251 e. The molecule has 14 heteroatoms. The Hall–Kier alpha value is -4.56. The number of rotatable bonds is 14. The third-order valence-corrected chi connectivity index (χ3v) is 7.40. The van der Waals surface area contributed by atoms with Crippen molar-refractivity contribution in [2.45, 2.75) is 32.1 Å². The van der Waals surface area contributed by atoms with Crippen LogP contribution in [0.25, 0.3) is 0 Å². The molecule has 0 bridgehead atoms. The number of benzene rings is 2. The molecular weight excluding hydrogens is 564 g/mol. The van der Waals surface area contributed by atoms with Gasteiger partial charge in [-0.3, -0.25) is 29.8 Å². The largest absolute Gasteiger partial charge is 0.343 e. The molecule has 41 heavy (non-hydrogen) atoms. The first-order valence-electron chi connectivity index (χ1n) is 12.9. The maximum atomic E-state index is 12.1. The molecule has 0 saturated carbocycles. The minimum absolute atomic E-state index is 0.162. The molecule has 2 aromatic heterocycles. The number of carbonyl (C=O) groups excluding carboxylic acids is 4. The second-order valence-corrected chi connectivity index (χ2v) is 10.9. The van der Waals surface area contributed by atoms with Crippen molar-refractivity contribution in [3.63, 3.8) is 0 Å². The fraction of sp³-hybridized carbons (Fsp3) is 0.259. The number of nitrogens with one attached hydrogen (secondary N) is 4. The van der Waals surface area contributed by atoms with Crippen LogP contribution in [0.5, 0.6) is 0 Å². The number of amides is 4. The van der Waals surface area contributed by atoms with Crippen molar-refractivity contribution in [1.82, 2.24) is 31.0 Å². The van der Waals surface area contributed by atoms with Gasteiger partial charge in [-0.15, -0.1) is 20.4 Å². The van der Waals surface area contributed by atoms with Gasteiger partial charge in [0.1, 0.15) is 10.0 Å². The molecular formula is C27H28N8O4S2. The highest BCUT2D eigenvalue weighted by molar-refractivity contribution is 7.15. The fourth-order valence-electron chi connectivity index (χ4n) is 3.57. The van der Waals surface area contributed by atoms with Gasteiger partial charge in [0.25, 0.3) is 11.8 Å². The van der Waals surface area contributed by atoms with Crippen LogP contribution in [-0.2, 0) is 22.4 Å². The molecule has 2 aromatic carbocycles. The molecule has 4 N–H and O–H groups in total. The zero-order valence-corrected chi connectivity index (χ0v) is 23.6. The van der Waals surface area contributed by atoms with Crippen LogP contribution in [0, 0.1) is 0 Å². The number of aromatic nitrogens is 4. The lowest BCUT2D eigenvalue weighted by Gasteiger charge is -2.04. The zero-order valence-electron chi connectivity index (χ0n) is 22.0. The van der Waals surface area contributed by atoms with E-state index >= 15 is 0 Å². The molecule has 0 aliphatic rings. The number of hydrogen-bond donors (Lipinski definition) is 4. The Morgan fingerprint density at radius 3 is 1.39 bits per heavy atom. The van der Waals surface area contributed by atoms with Crippen molar-refractivity contribution >= 4 is 56.6 Å². The quantitative estimate of drug-likeness (QED) is 0.162. The third-order valence-electron chi connectivity index (χ3n) is 5.60. The highest BCUT2D eigenvalue weighted by Gasteiger charge is 2.12. The van der Waals surface area contributed by atoms with Crippen LogP contribution in [0.3, 0.4) is 0 Å². The van der Waals surface area contributed by atoms with E-state index in [0.717, 1.165) is 42.1 Å². The first kappa shape index (κ1) is 29.4. The Morgan fingerprint density at radius 2 is 0.976 bits per heavy atom. The Balaban J connectivity index is 1.08. The second kappa shape index (κ2) is 15.3. The van der Waals surface area contributed by atoms with E-state index in [2.05, 4.69) is 41.7 Å². The summed E-state index contributed by atoms with van der Waals surface area (Å²) in [5.74, 6) is -1.39. The lowest BCUT2D eigenvalue weighted by atomic mass is 10.1. The Morgan fingerprint density at radius 1 is 0.561 bits per heavy atom. The Kier molecular flexibility index (Phi) is 11.0. The topological polar surface area (TPSA) is 168 Å². The Labute approximate surface area is 244 Å². The SMILES string of the molecule is O=C(CNC(=O)c1ccccc1)Nc1nnc(CCCCCc2nnc(NC(=O)CNC(=O)c3ccccc3)s2)s1. The van der Waals surface area contributed by atoms with Crippen molar-refractivity contribution in [3.8, 4) is 0 Å². The van der Waals surface area contributed by atoms with Crippen LogP contribution < -0.4 is 21.3 Å². The summed E-state index contributed by atoms with van der Waals surface area (Å²) in [5.41, 5.74) is 0.969. The van der Waals surface area contributed by atoms with Gasteiger partial charge in [0, 0.05) is 24.0 Å². The molecule has 12 nitrogen and oxygen atoms in total. The monoisotopic (exact) mass is 592 g/mol. The first-order valence-corrected chi connectivity index (χ1v) is 14.5. The minimum Gasteiger partial charge on any atom is -0.343 e. The normalized spacial score (nSPS) is 10.5. The molecule has 0 aliphatic carbocycles. The van der Waals surface area contributed by atoms with Gasteiger partial charge in [0.05, 0.1) is 13.1 Å². The summed E-state index contributed by atoms with van der Waals surface area (Å²) in [6.07, 6.45) is 4.16. The number of unbranched alkanes of at least 4 members (excludes halogenated alkanes) is 2. The van der Waals surface area contributed by atoms with Gasteiger partial charge in [-0.05, 0) is 37.1 Å². The smallest absolute Gasteiger partial charge is 0.251 e. The lowest BCUT2D eigenvalue weighted by molar-refractivity contribution is -0.116. The number of hydrogen-bond acceptors (Lipinski definition) is 10. The zero-order chi connectivity index (χ0) is 28.9. The predicted octanol–water partition coefficient (Wildman–Crippen LogP) is 3.08. The summed E-state index contributed by atoms with van der Waals surface area (Å²) in [6.45, 7) is -0.324. The van der Waals surface area contributed by atoms with Gasteiger partial charge < -0.3 is 10.6 Å². The standard InChI is InChI=1S/C27H28N8O4S2/c36-20(16-28-24(38)18-10-4-1-5-11-18)30-26-34-32-22(40-26)14-8-3-9-15-23-33-35-27(41-23)31-21(37)17-29-25(39)19-12-6-2-7-13-19/h1-2,4-7,10-13H,3,8-9,14-17H2,(H,28,38)(H,29,39)(H,30,34,36)(H,31,35,37). The van der Waals surface area contributed by atoms with Crippen LogP contribution >= 0.6 is 22.7 Å². The summed E-state index contributed by atoms with van der Waals surface area (Å²) in [5, 5.41) is 29.1. The Bertz CT molecular complexity index is 1350. The molecule has 212 valence electrons. The van der Waals surface area contributed by atoms with Crippen molar-refractivity contribution in [2.75, 3.05) is 23.7 Å². The van der Waals surface area contributed by atoms with Crippen molar-refractivity contribution < 1.29 is 19.2 Å². The van der Waals surface area contributed by atoms with Gasteiger partial charge in [-0.1, -0.05) is 65.5 Å². The maximum absolute atomic E-state index is 12.1. The average molecular weight is 593 g/mol. The molecule has 0 unspecified atom stereocenters. The number of nitrogens with zero attached hydrogens (tertiary/aromatic N) is 4. The summed E-state index contributed by atoms with van der Waals surface area (Å²) < 4.78 is 0. The molecule has 0 spiro atoms. The summed E-state index contributed by atoms with van der Waals surface area (Å²) >= 11 is 2.61. The van der Waals surface area contributed by atoms with Crippen LogP contribution in [-0.4, -0.2) is 57.1 Å². The van der Waals surface area contributed by atoms with Crippen LogP contribution in [0.4, 0.5) is 10.3 Å². The highest BCUT2D eigenvalue weighted by Crippen LogP contribution is 2.20. The molecule has 2 heterocycles. The van der Waals surface area contributed by atoms with Crippen molar-refractivity contribution in [2.24, 2.45) is 0 Å². The predicted molar refractivity (Wildman–Crippen MR) is 156 cm³/mol. The van der Waals surface area contributed by atoms with Crippen LogP contribution in [0.15, 0.2) is 60.7 Å². The van der Waals surface area contributed by atoms with E-state index in [0.29, 0.717) is 21.4 Å². The summed E-state index contributed by atoms with van der Waals surface area (Å²) in [6, 6.07) is 17.3. The van der Waals surface area contributed by atoms with E-state index in [1.165, 1.54) is 22.7 Å². The van der Waals surface area contributed by atoms with E-state index in [1.807, 2.05) is 12.1 Å². The third kappa shape index (κ3) is 9.85. The van der Waals surface area contributed by atoms with Gasteiger partial charge in [-0.2, -0.15) is 0 Å². The highest BCUT2D eigenvalue weighted by atomic mass is 32.1. The van der Waals surface area contributed by atoms with Crippen LogP contribution in [0.2, 0.25) is 0 Å². The molecule has 4 rings (SSSR count). The summed E-state index contributed by atoms with van der Waals surface area (Å²) in [4.78, 5) is 48.3. The van der Waals surface area contributed by atoms with E-state index < -0.39 is 0 Å². The van der Waals surface area contributed by atoms with Gasteiger partial charge in [0.15, 0.2) is 0 Å². The van der Waals surface area contributed by atoms with Crippen molar-refractivity contribution in [3.05, 3.63) is 81.8 Å². The van der Waals surface area contributed by atoms with Crippen molar-refractivity contribution in [1.29, 1.82) is 0 Å². The van der Waals surface area contributed by atoms with E-state index in [-0.39, 0.29) is 36.7 Å². The van der Waals surface area contributed by atoms with Gasteiger partial charge in [0.2, 0.25) is 22.1 Å². The van der Waals surface area contributed by atoms with Gasteiger partial charge in [-0.25, -0.2) is 0 Å². The molecule has 0 fully saturated rings. The summed E-state index contributed by atoms with van der Waals surface area (Å²) in [7, 11) is 0. The van der Waals surface area contributed by atoms with E-state index in [9.17, 15) is 19.2 Å². The minimum atomic E-state index is -0.374. The fourth-order valence-corrected chi connectivity index (χ4v) is 5.17. The first-order chi connectivity index (χ1) is 20.0.